The fraction of sp³-hybridized carbons (Fsp3) is 0.583. The summed E-state index contributed by atoms with van der Waals surface area (Å²) in [6.07, 6.45) is -5.62. The largest absolute Gasteiger partial charge is 0.394 e. The van der Waals surface area contributed by atoms with Crippen LogP contribution in [0.5, 0.6) is 0 Å². The van der Waals surface area contributed by atoms with Gasteiger partial charge < -0.3 is 0 Å². The van der Waals surface area contributed by atoms with Crippen molar-refractivity contribution in [2.75, 3.05) is 0 Å². The first-order chi connectivity index (χ1) is 9.29. The number of nitrogens with zero attached hydrogens (tertiary/aromatic N) is 3. The Balaban J connectivity index is 2.16. The Morgan fingerprint density at radius 1 is 1.25 bits per heavy atom. The summed E-state index contributed by atoms with van der Waals surface area (Å²) in [5.74, 6) is -1.76. The second-order valence-electron chi connectivity index (χ2n) is 4.84. The first kappa shape index (κ1) is 14.6. The average molecular weight is 291 g/mol. The summed E-state index contributed by atoms with van der Waals surface area (Å²) in [4.78, 5) is 6.73. The molecule has 0 spiro atoms. The van der Waals surface area contributed by atoms with Gasteiger partial charge in [-0.15, -0.1) is 0 Å². The molecule has 0 N–H and O–H groups in total. The standard InChI is InChI=1S/C12H10F5N3/c13-9(14)10-19-5-8(6-20-10)7(4-18)3-11(1-2-11)12(15,16)17/h5-7,9H,1-3H2/t7-/m0/s1. The number of aromatic nitrogens is 2. The van der Waals surface area contributed by atoms with Gasteiger partial charge in [0.05, 0.1) is 17.4 Å². The summed E-state index contributed by atoms with van der Waals surface area (Å²) in [6, 6.07) is 1.77. The maximum atomic E-state index is 12.8. The molecule has 0 saturated heterocycles. The molecule has 1 aliphatic rings. The third-order valence-corrected chi connectivity index (χ3v) is 3.49. The van der Waals surface area contributed by atoms with Crippen LogP contribution in [-0.2, 0) is 0 Å². The Kier molecular flexibility index (Phi) is 3.63. The molecule has 1 aromatic heterocycles. The monoisotopic (exact) mass is 291 g/mol. The van der Waals surface area contributed by atoms with Crippen LogP contribution in [0.4, 0.5) is 22.0 Å². The highest BCUT2D eigenvalue weighted by Gasteiger charge is 2.63. The van der Waals surface area contributed by atoms with E-state index in [2.05, 4.69) is 9.97 Å². The van der Waals surface area contributed by atoms with Crippen LogP contribution in [0.2, 0.25) is 0 Å². The van der Waals surface area contributed by atoms with Gasteiger partial charge in [0.1, 0.15) is 0 Å². The lowest BCUT2D eigenvalue weighted by atomic mass is 9.88. The van der Waals surface area contributed by atoms with Crippen molar-refractivity contribution in [1.82, 2.24) is 9.97 Å². The zero-order valence-electron chi connectivity index (χ0n) is 10.2. The molecular weight excluding hydrogens is 281 g/mol. The molecule has 0 aliphatic heterocycles. The molecule has 1 aromatic rings. The molecule has 1 fully saturated rings. The predicted octanol–water partition coefficient (Wildman–Crippen LogP) is 3.75. The number of rotatable bonds is 4. The second-order valence-corrected chi connectivity index (χ2v) is 4.84. The highest BCUT2D eigenvalue weighted by atomic mass is 19.4. The summed E-state index contributed by atoms with van der Waals surface area (Å²) >= 11 is 0. The van der Waals surface area contributed by atoms with E-state index in [1.165, 1.54) is 0 Å². The van der Waals surface area contributed by atoms with Crippen LogP contribution >= 0.6 is 0 Å². The highest BCUT2D eigenvalue weighted by Crippen LogP contribution is 2.61. The molecule has 1 saturated carbocycles. The van der Waals surface area contributed by atoms with Crippen LogP contribution < -0.4 is 0 Å². The van der Waals surface area contributed by atoms with Crippen molar-refractivity contribution >= 4 is 0 Å². The third kappa shape index (κ3) is 2.71. The minimum absolute atomic E-state index is 0.00927. The Hall–Kier alpha value is -1.78. The van der Waals surface area contributed by atoms with E-state index in [9.17, 15) is 22.0 Å². The van der Waals surface area contributed by atoms with Crippen LogP contribution in [0.15, 0.2) is 12.4 Å². The van der Waals surface area contributed by atoms with E-state index in [4.69, 9.17) is 5.26 Å². The van der Waals surface area contributed by atoms with Gasteiger partial charge in [-0.1, -0.05) is 0 Å². The summed E-state index contributed by atoms with van der Waals surface area (Å²) < 4.78 is 63.1. The van der Waals surface area contributed by atoms with Gasteiger partial charge in [-0.3, -0.25) is 0 Å². The number of hydrogen-bond acceptors (Lipinski definition) is 3. The third-order valence-electron chi connectivity index (χ3n) is 3.49. The Bertz CT molecular complexity index is 513. The van der Waals surface area contributed by atoms with Crippen molar-refractivity contribution in [2.45, 2.75) is 37.8 Å². The normalized spacial score (nSPS) is 18.6. The lowest BCUT2D eigenvalue weighted by Gasteiger charge is -2.21. The second kappa shape index (κ2) is 4.96. The molecule has 1 heterocycles. The van der Waals surface area contributed by atoms with E-state index >= 15 is 0 Å². The molecule has 1 atom stereocenters. The molecular formula is C12H10F5N3. The van der Waals surface area contributed by atoms with Gasteiger partial charge in [-0.2, -0.15) is 18.4 Å². The van der Waals surface area contributed by atoms with Gasteiger partial charge in [0.2, 0.25) is 0 Å². The number of hydrogen-bond donors (Lipinski definition) is 0. The molecule has 0 amide bonds. The van der Waals surface area contributed by atoms with Crippen LogP contribution in [0, 0.1) is 16.7 Å². The highest BCUT2D eigenvalue weighted by molar-refractivity contribution is 5.22. The molecule has 0 unspecified atom stereocenters. The molecule has 8 heteroatoms. The zero-order chi connectivity index (χ0) is 15.0. The molecule has 0 aromatic carbocycles. The summed E-state index contributed by atoms with van der Waals surface area (Å²) in [6.45, 7) is 0. The van der Waals surface area contributed by atoms with Crippen molar-refractivity contribution in [3.05, 3.63) is 23.8 Å². The van der Waals surface area contributed by atoms with Crippen molar-refractivity contribution in [3.63, 3.8) is 0 Å². The fourth-order valence-corrected chi connectivity index (χ4v) is 2.02. The summed E-state index contributed by atoms with van der Waals surface area (Å²) in [7, 11) is 0. The minimum Gasteiger partial charge on any atom is -0.236 e. The van der Waals surface area contributed by atoms with E-state index in [1.54, 1.807) is 6.07 Å². The van der Waals surface area contributed by atoms with Gasteiger partial charge >= 0.3 is 6.18 Å². The molecule has 2 rings (SSSR count). The summed E-state index contributed by atoms with van der Waals surface area (Å²) in [5.41, 5.74) is -1.69. The van der Waals surface area contributed by atoms with E-state index < -0.39 is 29.8 Å². The minimum atomic E-state index is -4.36. The zero-order valence-corrected chi connectivity index (χ0v) is 10.2. The Morgan fingerprint density at radius 3 is 2.15 bits per heavy atom. The Morgan fingerprint density at radius 2 is 1.80 bits per heavy atom. The SMILES string of the molecule is N#C[C@H](CC1(C(F)(F)F)CC1)c1cnc(C(F)F)nc1. The predicted molar refractivity (Wildman–Crippen MR) is 57.7 cm³/mol. The Labute approximate surface area is 111 Å². The molecule has 3 nitrogen and oxygen atoms in total. The quantitative estimate of drug-likeness (QED) is 0.794. The number of halogens is 5. The van der Waals surface area contributed by atoms with Gasteiger partial charge in [-0.05, 0) is 19.3 Å². The van der Waals surface area contributed by atoms with Crippen LogP contribution in [0.25, 0.3) is 0 Å². The first-order valence-corrected chi connectivity index (χ1v) is 5.85. The maximum Gasteiger partial charge on any atom is 0.394 e. The van der Waals surface area contributed by atoms with Gasteiger partial charge in [-0.25, -0.2) is 18.7 Å². The number of nitriles is 1. The van der Waals surface area contributed by atoms with Gasteiger partial charge in [0.15, 0.2) is 5.82 Å². The molecule has 0 bridgehead atoms. The van der Waals surface area contributed by atoms with Crippen LogP contribution in [0.3, 0.4) is 0 Å². The molecule has 20 heavy (non-hydrogen) atoms. The lowest BCUT2D eigenvalue weighted by molar-refractivity contribution is -0.189. The van der Waals surface area contributed by atoms with Crippen LogP contribution in [0.1, 0.15) is 43.0 Å². The van der Waals surface area contributed by atoms with E-state index in [0.717, 1.165) is 12.4 Å². The first-order valence-electron chi connectivity index (χ1n) is 5.85. The van der Waals surface area contributed by atoms with Gasteiger partial charge in [0.25, 0.3) is 6.43 Å². The molecule has 108 valence electrons. The van der Waals surface area contributed by atoms with E-state index in [-0.39, 0.29) is 24.8 Å². The van der Waals surface area contributed by atoms with Crippen LogP contribution in [-0.4, -0.2) is 16.1 Å². The smallest absolute Gasteiger partial charge is 0.236 e. The summed E-state index contributed by atoms with van der Waals surface area (Å²) in [5, 5.41) is 8.99. The van der Waals surface area contributed by atoms with Crippen molar-refractivity contribution in [3.8, 4) is 6.07 Å². The van der Waals surface area contributed by atoms with Crippen molar-refractivity contribution in [1.29, 1.82) is 5.26 Å². The van der Waals surface area contributed by atoms with Crippen molar-refractivity contribution < 1.29 is 22.0 Å². The van der Waals surface area contributed by atoms with E-state index in [1.807, 2.05) is 0 Å². The number of alkyl halides is 5. The fourth-order valence-electron chi connectivity index (χ4n) is 2.02. The molecule has 0 radical (unpaired) electrons. The molecule has 1 aliphatic carbocycles. The van der Waals surface area contributed by atoms with Crippen molar-refractivity contribution in [2.24, 2.45) is 5.41 Å². The lowest BCUT2D eigenvalue weighted by Crippen LogP contribution is -2.26. The van der Waals surface area contributed by atoms with E-state index in [0.29, 0.717) is 0 Å². The average Bonchev–Trinajstić information content (AvgIpc) is 3.16. The maximum absolute atomic E-state index is 12.8. The topological polar surface area (TPSA) is 49.6 Å². The van der Waals surface area contributed by atoms with Gasteiger partial charge in [0, 0.05) is 18.0 Å².